The summed E-state index contributed by atoms with van der Waals surface area (Å²) in [6.45, 7) is 8.28. The van der Waals surface area contributed by atoms with Gasteiger partial charge in [0.05, 0.1) is 12.6 Å². The summed E-state index contributed by atoms with van der Waals surface area (Å²) in [4.78, 5) is 1.32. The number of tetrazole rings is 1. The molecule has 0 radical (unpaired) electrons. The van der Waals surface area contributed by atoms with Gasteiger partial charge in [-0.1, -0.05) is 33.3 Å². The minimum Gasteiger partial charge on any atom is -0.310 e. The van der Waals surface area contributed by atoms with Gasteiger partial charge in [0.25, 0.3) is 0 Å². The first-order chi connectivity index (χ1) is 9.72. The van der Waals surface area contributed by atoms with Crippen LogP contribution in [0.25, 0.3) is 0 Å². The largest absolute Gasteiger partial charge is 0.310 e. The van der Waals surface area contributed by atoms with Crippen LogP contribution in [-0.2, 0) is 6.54 Å². The molecule has 0 spiro atoms. The molecular weight excluding hydrogens is 270 g/mol. The van der Waals surface area contributed by atoms with Crippen LogP contribution in [0, 0.1) is 5.92 Å². The number of hydrogen-bond donors (Lipinski definition) is 1. The molecule has 20 heavy (non-hydrogen) atoms. The van der Waals surface area contributed by atoms with E-state index in [-0.39, 0.29) is 6.04 Å². The summed E-state index contributed by atoms with van der Waals surface area (Å²) in [5.74, 6) is 1.54. The Morgan fingerprint density at radius 3 is 2.90 bits per heavy atom. The zero-order valence-corrected chi connectivity index (χ0v) is 13.2. The Kier molecular flexibility index (Phi) is 5.67. The molecule has 5 nitrogen and oxygen atoms in total. The van der Waals surface area contributed by atoms with Crippen LogP contribution in [0.5, 0.6) is 0 Å². The Morgan fingerprint density at radius 1 is 1.40 bits per heavy atom. The summed E-state index contributed by atoms with van der Waals surface area (Å²) in [7, 11) is 0. The molecule has 0 aliphatic rings. The first kappa shape index (κ1) is 15.1. The second-order valence-corrected chi connectivity index (χ2v) is 6.36. The van der Waals surface area contributed by atoms with E-state index in [0.717, 1.165) is 31.8 Å². The summed E-state index contributed by atoms with van der Waals surface area (Å²) < 4.78 is 1.97. The van der Waals surface area contributed by atoms with Gasteiger partial charge < -0.3 is 5.32 Å². The number of thiophene rings is 1. The molecular formula is C14H23N5S. The molecule has 6 heteroatoms. The van der Waals surface area contributed by atoms with Gasteiger partial charge in [0.1, 0.15) is 0 Å². The van der Waals surface area contributed by atoms with E-state index in [2.05, 4.69) is 59.1 Å². The molecule has 0 amide bonds. The molecule has 2 rings (SSSR count). The van der Waals surface area contributed by atoms with Gasteiger partial charge in [0.15, 0.2) is 5.82 Å². The second kappa shape index (κ2) is 7.50. The molecule has 110 valence electrons. The van der Waals surface area contributed by atoms with Gasteiger partial charge in [-0.25, -0.2) is 4.68 Å². The van der Waals surface area contributed by atoms with Crippen molar-refractivity contribution in [1.29, 1.82) is 0 Å². The highest BCUT2D eigenvalue weighted by molar-refractivity contribution is 7.10. The Bertz CT molecular complexity index is 491. The summed E-state index contributed by atoms with van der Waals surface area (Å²) in [6, 6.07) is 4.51. The van der Waals surface area contributed by atoms with E-state index >= 15 is 0 Å². The van der Waals surface area contributed by atoms with E-state index in [1.165, 1.54) is 4.88 Å². The Morgan fingerprint density at radius 2 is 2.25 bits per heavy atom. The van der Waals surface area contributed by atoms with Gasteiger partial charge in [0.2, 0.25) is 0 Å². The number of aromatic nitrogens is 4. The van der Waals surface area contributed by atoms with Gasteiger partial charge in [-0.2, -0.15) is 0 Å². The predicted molar refractivity (Wildman–Crippen MR) is 81.7 cm³/mol. The average Bonchev–Trinajstić information content (AvgIpc) is 3.07. The van der Waals surface area contributed by atoms with E-state index in [1.54, 1.807) is 11.3 Å². The fourth-order valence-corrected chi connectivity index (χ4v) is 3.03. The van der Waals surface area contributed by atoms with E-state index in [9.17, 15) is 0 Å². The smallest absolute Gasteiger partial charge is 0.165 e. The molecule has 1 N–H and O–H groups in total. The highest BCUT2D eigenvalue weighted by atomic mass is 32.1. The maximum Gasteiger partial charge on any atom is 0.165 e. The quantitative estimate of drug-likeness (QED) is 0.813. The molecule has 0 bridgehead atoms. The van der Waals surface area contributed by atoms with Crippen molar-refractivity contribution in [3.8, 4) is 0 Å². The van der Waals surface area contributed by atoms with Crippen LogP contribution < -0.4 is 5.32 Å². The lowest BCUT2D eigenvalue weighted by Gasteiger charge is -2.16. The summed E-state index contributed by atoms with van der Waals surface area (Å²) in [5.41, 5.74) is 0. The predicted octanol–water partition coefficient (Wildman–Crippen LogP) is 2.87. The molecule has 2 aromatic rings. The number of nitrogens with one attached hydrogen (secondary N) is 1. The van der Waals surface area contributed by atoms with E-state index < -0.39 is 0 Å². The molecule has 0 aliphatic heterocycles. The third-order valence-corrected chi connectivity index (χ3v) is 4.10. The maximum absolute atomic E-state index is 4.21. The lowest BCUT2D eigenvalue weighted by molar-refractivity contribution is 0.447. The SMILES string of the molecule is CCCC(c1cccs1)n1nnnc1CNCC(C)C. The summed E-state index contributed by atoms with van der Waals surface area (Å²) in [6.07, 6.45) is 2.17. The normalized spacial score (nSPS) is 13.0. The van der Waals surface area contributed by atoms with Crippen LogP contribution in [0.3, 0.4) is 0 Å². The van der Waals surface area contributed by atoms with Gasteiger partial charge in [-0.05, 0) is 40.8 Å². The minimum atomic E-state index is 0.255. The fraction of sp³-hybridized carbons (Fsp3) is 0.643. The molecule has 0 aliphatic carbocycles. The van der Waals surface area contributed by atoms with E-state index in [4.69, 9.17) is 0 Å². The number of nitrogens with zero attached hydrogens (tertiary/aromatic N) is 4. The fourth-order valence-electron chi connectivity index (χ4n) is 2.18. The van der Waals surface area contributed by atoms with Crippen LogP contribution >= 0.6 is 11.3 Å². The van der Waals surface area contributed by atoms with E-state index in [1.807, 2.05) is 4.68 Å². The number of rotatable bonds is 8. The second-order valence-electron chi connectivity index (χ2n) is 5.38. The highest BCUT2D eigenvalue weighted by Crippen LogP contribution is 2.27. The molecule has 0 saturated heterocycles. The first-order valence-corrected chi connectivity index (χ1v) is 8.11. The zero-order valence-electron chi connectivity index (χ0n) is 12.4. The molecule has 0 aromatic carbocycles. The third-order valence-electron chi connectivity index (χ3n) is 3.13. The van der Waals surface area contributed by atoms with Crippen molar-refractivity contribution in [2.24, 2.45) is 5.92 Å². The van der Waals surface area contributed by atoms with Crippen molar-refractivity contribution in [3.63, 3.8) is 0 Å². The minimum absolute atomic E-state index is 0.255. The average molecular weight is 293 g/mol. The zero-order chi connectivity index (χ0) is 14.4. The van der Waals surface area contributed by atoms with Crippen molar-refractivity contribution < 1.29 is 0 Å². The standard InChI is InChI=1S/C14H23N5S/c1-4-6-12(13-7-5-8-20-13)19-14(16-17-18-19)10-15-9-11(2)3/h5,7-8,11-12,15H,4,6,9-10H2,1-3H3. The van der Waals surface area contributed by atoms with Crippen molar-refractivity contribution in [1.82, 2.24) is 25.5 Å². The Balaban J connectivity index is 2.11. The van der Waals surface area contributed by atoms with Gasteiger partial charge in [-0.3, -0.25) is 0 Å². The van der Waals surface area contributed by atoms with Gasteiger partial charge in [0, 0.05) is 4.88 Å². The molecule has 1 unspecified atom stereocenters. The lowest BCUT2D eigenvalue weighted by Crippen LogP contribution is -2.23. The molecule has 0 saturated carbocycles. The lowest BCUT2D eigenvalue weighted by atomic mass is 10.1. The summed E-state index contributed by atoms with van der Waals surface area (Å²) in [5, 5.41) is 17.8. The van der Waals surface area contributed by atoms with Crippen LogP contribution in [0.15, 0.2) is 17.5 Å². The van der Waals surface area contributed by atoms with Crippen molar-refractivity contribution in [3.05, 3.63) is 28.2 Å². The number of hydrogen-bond acceptors (Lipinski definition) is 5. The van der Waals surface area contributed by atoms with Crippen LogP contribution in [-0.4, -0.2) is 26.8 Å². The monoisotopic (exact) mass is 293 g/mol. The van der Waals surface area contributed by atoms with Crippen molar-refractivity contribution in [2.75, 3.05) is 6.54 Å². The third kappa shape index (κ3) is 3.86. The maximum atomic E-state index is 4.21. The van der Waals surface area contributed by atoms with Crippen molar-refractivity contribution >= 4 is 11.3 Å². The van der Waals surface area contributed by atoms with Crippen LogP contribution in [0.4, 0.5) is 0 Å². The van der Waals surface area contributed by atoms with E-state index in [0.29, 0.717) is 5.92 Å². The van der Waals surface area contributed by atoms with Gasteiger partial charge in [-0.15, -0.1) is 16.4 Å². The van der Waals surface area contributed by atoms with Gasteiger partial charge >= 0.3 is 0 Å². The van der Waals surface area contributed by atoms with Crippen LogP contribution in [0.2, 0.25) is 0 Å². The van der Waals surface area contributed by atoms with Crippen LogP contribution in [0.1, 0.15) is 50.4 Å². The molecule has 0 fully saturated rings. The Labute approximate surface area is 124 Å². The molecule has 1 atom stereocenters. The highest BCUT2D eigenvalue weighted by Gasteiger charge is 2.19. The first-order valence-electron chi connectivity index (χ1n) is 7.23. The van der Waals surface area contributed by atoms with Crippen molar-refractivity contribution in [2.45, 2.75) is 46.2 Å². The summed E-state index contributed by atoms with van der Waals surface area (Å²) >= 11 is 1.77. The Hall–Kier alpha value is -1.27. The molecule has 2 heterocycles. The molecule has 2 aromatic heterocycles. The topological polar surface area (TPSA) is 55.6 Å².